The number of methoxy groups -OCH3 is 1. The molecule has 2 aromatic carbocycles. The van der Waals surface area contributed by atoms with Gasteiger partial charge in [-0.15, -0.1) is 0 Å². The molecule has 2 rings (SSSR count). The van der Waals surface area contributed by atoms with Crippen molar-refractivity contribution in [2.75, 3.05) is 7.11 Å². The van der Waals surface area contributed by atoms with Crippen LogP contribution in [0.5, 0.6) is 5.75 Å². The van der Waals surface area contributed by atoms with E-state index in [1.165, 1.54) is 0 Å². The molecule has 20 heavy (non-hydrogen) atoms. The maximum Gasteiger partial charge on any atom is 0.122 e. The van der Waals surface area contributed by atoms with Crippen LogP contribution in [0.25, 0.3) is 5.57 Å². The van der Waals surface area contributed by atoms with Gasteiger partial charge in [-0.1, -0.05) is 56.3 Å². The van der Waals surface area contributed by atoms with Gasteiger partial charge in [0.2, 0.25) is 0 Å². The molecule has 0 aliphatic rings. The first kappa shape index (κ1) is 14.3. The van der Waals surface area contributed by atoms with Crippen molar-refractivity contribution in [1.29, 1.82) is 0 Å². The molecule has 0 atom stereocenters. The molecule has 0 spiro atoms. The van der Waals surface area contributed by atoms with Gasteiger partial charge in [0, 0.05) is 5.57 Å². The van der Waals surface area contributed by atoms with E-state index >= 15 is 0 Å². The van der Waals surface area contributed by atoms with Crippen molar-refractivity contribution >= 4 is 5.57 Å². The summed E-state index contributed by atoms with van der Waals surface area (Å²) in [4.78, 5) is 0. The average molecular weight is 270 g/mol. The first-order valence-electron chi connectivity index (χ1n) is 6.71. The fourth-order valence-corrected chi connectivity index (χ4v) is 2.27. The van der Waals surface area contributed by atoms with Crippen LogP contribution in [0, 0.1) is 0 Å². The number of ether oxygens (including phenoxy) is 1. The second-order valence-electron chi connectivity index (χ2n) is 5.00. The van der Waals surface area contributed by atoms with Gasteiger partial charge in [0.1, 0.15) is 5.75 Å². The first-order chi connectivity index (χ1) is 9.67. The van der Waals surface area contributed by atoms with E-state index in [9.17, 15) is 4.39 Å². The van der Waals surface area contributed by atoms with Crippen molar-refractivity contribution in [2.45, 2.75) is 19.8 Å². The minimum Gasteiger partial charge on any atom is -0.496 e. The van der Waals surface area contributed by atoms with Gasteiger partial charge in [0.25, 0.3) is 0 Å². The van der Waals surface area contributed by atoms with E-state index in [0.29, 0.717) is 17.8 Å². The Labute approximate surface area is 119 Å². The van der Waals surface area contributed by atoms with E-state index in [2.05, 4.69) is 13.8 Å². The number of benzene rings is 2. The molecule has 0 heterocycles. The monoisotopic (exact) mass is 270 g/mol. The smallest absolute Gasteiger partial charge is 0.122 e. The molecule has 0 bridgehead atoms. The van der Waals surface area contributed by atoms with Crippen molar-refractivity contribution in [3.8, 4) is 5.75 Å². The summed E-state index contributed by atoms with van der Waals surface area (Å²) in [6.07, 6.45) is 0.652. The van der Waals surface area contributed by atoms with Crippen molar-refractivity contribution in [3.05, 3.63) is 71.6 Å². The molecule has 0 aliphatic carbocycles. The molecule has 0 saturated carbocycles. The lowest BCUT2D eigenvalue weighted by Gasteiger charge is -2.14. The largest absolute Gasteiger partial charge is 0.496 e. The van der Waals surface area contributed by atoms with Crippen LogP contribution < -0.4 is 4.74 Å². The summed E-state index contributed by atoms with van der Waals surface area (Å²) in [6, 6.07) is 15.4. The number of hydrogen-bond acceptors (Lipinski definition) is 1. The van der Waals surface area contributed by atoms with Gasteiger partial charge in [-0.3, -0.25) is 0 Å². The molecular weight excluding hydrogens is 251 g/mol. The van der Waals surface area contributed by atoms with Crippen LogP contribution in [-0.4, -0.2) is 7.11 Å². The molecule has 2 aromatic rings. The van der Waals surface area contributed by atoms with Crippen molar-refractivity contribution in [1.82, 2.24) is 0 Å². The molecule has 0 fully saturated rings. The summed E-state index contributed by atoms with van der Waals surface area (Å²) in [7, 11) is 1.65. The lowest BCUT2D eigenvalue weighted by atomic mass is 9.95. The molecule has 0 N–H and O–H groups in total. The standard InChI is InChI=1S/C18H19FO/c1-13(2)16-10-9-15(11-18(16)20-3)17(12-19)14-7-5-4-6-8-14/h4-13H,1-3H3/b17-12+. The molecule has 104 valence electrons. The van der Waals surface area contributed by atoms with Gasteiger partial charge >= 0.3 is 0 Å². The Hall–Kier alpha value is -2.09. The second kappa shape index (κ2) is 6.38. The molecule has 2 heteroatoms. The predicted octanol–water partition coefficient (Wildman–Crippen LogP) is 5.18. The zero-order chi connectivity index (χ0) is 14.5. The van der Waals surface area contributed by atoms with Crippen LogP contribution >= 0.6 is 0 Å². The van der Waals surface area contributed by atoms with Crippen molar-refractivity contribution in [3.63, 3.8) is 0 Å². The third kappa shape index (κ3) is 2.90. The number of rotatable bonds is 4. The Morgan fingerprint density at radius 1 is 1.05 bits per heavy atom. The molecule has 0 aliphatic heterocycles. The van der Waals surface area contributed by atoms with Gasteiger partial charge in [-0.2, -0.15) is 0 Å². The lowest BCUT2D eigenvalue weighted by Crippen LogP contribution is -1.96. The highest BCUT2D eigenvalue weighted by Gasteiger charge is 2.11. The minimum absolute atomic E-state index is 0.369. The summed E-state index contributed by atoms with van der Waals surface area (Å²) in [5, 5.41) is 0. The fraction of sp³-hybridized carbons (Fsp3) is 0.222. The summed E-state index contributed by atoms with van der Waals surface area (Å²) in [5.74, 6) is 1.17. The molecule has 0 unspecified atom stereocenters. The third-order valence-electron chi connectivity index (χ3n) is 3.36. The summed E-state index contributed by atoms with van der Waals surface area (Å²) >= 11 is 0. The van der Waals surface area contributed by atoms with Crippen molar-refractivity contribution in [2.24, 2.45) is 0 Å². The Morgan fingerprint density at radius 3 is 2.30 bits per heavy atom. The van der Waals surface area contributed by atoms with Crippen LogP contribution in [0.15, 0.2) is 54.9 Å². The van der Waals surface area contributed by atoms with Gasteiger partial charge in [0.15, 0.2) is 0 Å². The average Bonchev–Trinajstić information content (AvgIpc) is 2.48. The van der Waals surface area contributed by atoms with Gasteiger partial charge in [-0.25, -0.2) is 4.39 Å². The van der Waals surface area contributed by atoms with Gasteiger partial charge < -0.3 is 4.74 Å². The van der Waals surface area contributed by atoms with Gasteiger partial charge in [0.05, 0.1) is 13.4 Å². The lowest BCUT2D eigenvalue weighted by molar-refractivity contribution is 0.407. The van der Waals surface area contributed by atoms with Crippen LogP contribution in [-0.2, 0) is 0 Å². The van der Waals surface area contributed by atoms with Crippen LogP contribution in [0.3, 0.4) is 0 Å². The zero-order valence-electron chi connectivity index (χ0n) is 12.1. The van der Waals surface area contributed by atoms with E-state index in [0.717, 1.165) is 22.4 Å². The third-order valence-corrected chi connectivity index (χ3v) is 3.36. The Bertz CT molecular complexity index is 600. The Morgan fingerprint density at radius 2 is 1.75 bits per heavy atom. The predicted molar refractivity (Wildman–Crippen MR) is 81.7 cm³/mol. The topological polar surface area (TPSA) is 9.23 Å². The summed E-state index contributed by atoms with van der Waals surface area (Å²) < 4.78 is 18.7. The van der Waals surface area contributed by atoms with Crippen LogP contribution in [0.1, 0.15) is 36.5 Å². The highest BCUT2D eigenvalue weighted by atomic mass is 19.1. The summed E-state index contributed by atoms with van der Waals surface area (Å²) in [6.45, 7) is 4.22. The first-order valence-corrected chi connectivity index (χ1v) is 6.71. The zero-order valence-corrected chi connectivity index (χ0v) is 12.1. The Kier molecular flexibility index (Phi) is 4.57. The van der Waals surface area contributed by atoms with Crippen LogP contribution in [0.4, 0.5) is 4.39 Å². The van der Waals surface area contributed by atoms with Gasteiger partial charge in [-0.05, 0) is 28.7 Å². The van der Waals surface area contributed by atoms with E-state index in [-0.39, 0.29) is 0 Å². The molecule has 0 amide bonds. The van der Waals surface area contributed by atoms with Crippen molar-refractivity contribution < 1.29 is 9.13 Å². The number of halogens is 1. The highest BCUT2D eigenvalue weighted by Crippen LogP contribution is 2.32. The molecular formula is C18H19FO. The Balaban J connectivity index is 2.47. The molecule has 0 radical (unpaired) electrons. The minimum atomic E-state index is 0.369. The maximum atomic E-state index is 13.3. The van der Waals surface area contributed by atoms with E-state index in [4.69, 9.17) is 4.74 Å². The fourth-order valence-electron chi connectivity index (χ4n) is 2.27. The van der Waals surface area contributed by atoms with Crippen LogP contribution in [0.2, 0.25) is 0 Å². The van der Waals surface area contributed by atoms with E-state index < -0.39 is 0 Å². The number of hydrogen-bond donors (Lipinski definition) is 0. The quantitative estimate of drug-likeness (QED) is 0.744. The highest BCUT2D eigenvalue weighted by molar-refractivity contribution is 5.79. The molecule has 0 aromatic heterocycles. The summed E-state index contributed by atoms with van der Waals surface area (Å²) in [5.41, 5.74) is 3.37. The van der Waals surface area contributed by atoms with E-state index in [1.54, 1.807) is 7.11 Å². The second-order valence-corrected chi connectivity index (χ2v) is 5.00. The SMILES string of the molecule is COc1cc(/C(=C/F)c2ccccc2)ccc1C(C)C. The normalized spacial score (nSPS) is 11.8. The maximum absolute atomic E-state index is 13.3. The van der Waals surface area contributed by atoms with E-state index in [1.807, 2.05) is 48.5 Å². The molecule has 1 nitrogen and oxygen atoms in total. The molecule has 0 saturated heterocycles.